The number of rotatable bonds is 9. The number of H-pyrrole nitrogens is 1. The van der Waals surface area contributed by atoms with Gasteiger partial charge in [0.2, 0.25) is 17.7 Å². The van der Waals surface area contributed by atoms with Crippen LogP contribution >= 0.6 is 0 Å². The number of carboxylic acids is 1. The predicted molar refractivity (Wildman–Crippen MR) is 119 cm³/mol. The average molecular weight is 463 g/mol. The summed E-state index contributed by atoms with van der Waals surface area (Å²) in [5, 5.41) is 12.0. The van der Waals surface area contributed by atoms with Gasteiger partial charge in [0.15, 0.2) is 0 Å². The zero-order valence-electron chi connectivity index (χ0n) is 19.2. The van der Waals surface area contributed by atoms with Crippen molar-refractivity contribution in [3.8, 4) is 0 Å². The Morgan fingerprint density at radius 1 is 1.18 bits per heavy atom. The molecule has 0 spiro atoms. The lowest BCUT2D eigenvalue weighted by atomic mass is 10.0. The Balaban J connectivity index is 1.66. The standard InChI is InChI=1S/C22H34N6O5/c1-13(2)9-16(22(32)33)26-19(29)17-5-3-7-27(17)21(31)18-6-4-8-28(18)20(30)15(23)10-14-11-24-12-25-14/h11-13,15-18H,3-10,23H2,1-2H3,(H,24,25)(H,26,29)(H,32,33). The Morgan fingerprint density at radius 2 is 1.85 bits per heavy atom. The molecule has 4 atom stereocenters. The molecule has 1 aromatic rings. The van der Waals surface area contributed by atoms with Gasteiger partial charge in [0.1, 0.15) is 18.1 Å². The number of carbonyl (C=O) groups excluding carboxylic acids is 3. The van der Waals surface area contributed by atoms with Crippen LogP contribution in [-0.4, -0.2) is 85.8 Å². The molecular weight excluding hydrogens is 428 g/mol. The van der Waals surface area contributed by atoms with Crippen LogP contribution in [0.25, 0.3) is 0 Å². The summed E-state index contributed by atoms with van der Waals surface area (Å²) < 4.78 is 0. The van der Waals surface area contributed by atoms with Crippen LogP contribution in [0.3, 0.4) is 0 Å². The largest absolute Gasteiger partial charge is 0.480 e. The fraction of sp³-hybridized carbons (Fsp3) is 0.682. The van der Waals surface area contributed by atoms with Crippen LogP contribution in [0.2, 0.25) is 0 Å². The van der Waals surface area contributed by atoms with E-state index in [4.69, 9.17) is 5.73 Å². The quantitative estimate of drug-likeness (QED) is 0.397. The van der Waals surface area contributed by atoms with Gasteiger partial charge in [-0.1, -0.05) is 13.8 Å². The predicted octanol–water partition coefficient (Wildman–Crippen LogP) is -0.123. The number of aromatic amines is 1. The maximum Gasteiger partial charge on any atom is 0.326 e. The van der Waals surface area contributed by atoms with E-state index in [9.17, 15) is 24.3 Å². The topological polar surface area (TPSA) is 162 Å². The van der Waals surface area contributed by atoms with E-state index in [1.54, 1.807) is 6.20 Å². The number of nitrogens with one attached hydrogen (secondary N) is 2. The Hall–Kier alpha value is -2.95. The molecule has 3 amide bonds. The van der Waals surface area contributed by atoms with Crippen molar-refractivity contribution in [3.63, 3.8) is 0 Å². The molecule has 4 unspecified atom stereocenters. The number of carbonyl (C=O) groups is 4. The van der Waals surface area contributed by atoms with Gasteiger partial charge in [-0.15, -0.1) is 0 Å². The Bertz CT molecular complexity index is 857. The number of amides is 3. The second-order valence-electron chi connectivity index (χ2n) is 9.30. The van der Waals surface area contributed by atoms with Crippen LogP contribution in [0.5, 0.6) is 0 Å². The molecule has 2 aliphatic heterocycles. The van der Waals surface area contributed by atoms with Gasteiger partial charge in [0.05, 0.1) is 12.4 Å². The molecule has 0 aliphatic carbocycles. The first-order valence-corrected chi connectivity index (χ1v) is 11.6. The van der Waals surface area contributed by atoms with Gasteiger partial charge in [0.25, 0.3) is 0 Å². The molecule has 5 N–H and O–H groups in total. The van der Waals surface area contributed by atoms with Crippen molar-refractivity contribution in [2.45, 2.75) is 76.5 Å². The molecule has 2 aliphatic rings. The summed E-state index contributed by atoms with van der Waals surface area (Å²) in [4.78, 5) is 60.7. The van der Waals surface area contributed by atoms with Crippen molar-refractivity contribution >= 4 is 23.7 Å². The smallest absolute Gasteiger partial charge is 0.326 e. The number of hydrogen-bond acceptors (Lipinski definition) is 6. The van der Waals surface area contributed by atoms with E-state index in [2.05, 4.69) is 15.3 Å². The SMILES string of the molecule is CC(C)CC(NC(=O)C1CCCN1C(=O)C1CCCN1C(=O)C(N)Cc1cnc[nH]1)C(=O)O. The zero-order chi connectivity index (χ0) is 24.1. The second-order valence-corrected chi connectivity index (χ2v) is 9.30. The minimum atomic E-state index is -1.09. The van der Waals surface area contributed by atoms with Crippen LogP contribution in [0, 0.1) is 5.92 Å². The molecule has 0 saturated carbocycles. The molecule has 0 aromatic carbocycles. The van der Waals surface area contributed by atoms with E-state index < -0.39 is 36.0 Å². The van der Waals surface area contributed by atoms with Crippen molar-refractivity contribution in [2.75, 3.05) is 13.1 Å². The summed E-state index contributed by atoms with van der Waals surface area (Å²) in [5.41, 5.74) is 6.86. The first-order chi connectivity index (χ1) is 15.7. The number of likely N-dealkylation sites (tertiary alicyclic amines) is 2. The molecule has 2 fully saturated rings. The second kappa shape index (κ2) is 10.8. The van der Waals surface area contributed by atoms with Crippen molar-refractivity contribution in [3.05, 3.63) is 18.2 Å². The fourth-order valence-corrected chi connectivity index (χ4v) is 4.68. The first-order valence-electron chi connectivity index (χ1n) is 11.6. The number of hydrogen-bond donors (Lipinski definition) is 4. The van der Waals surface area contributed by atoms with Gasteiger partial charge in [-0.3, -0.25) is 14.4 Å². The first kappa shape index (κ1) is 24.7. The highest BCUT2D eigenvalue weighted by Crippen LogP contribution is 2.26. The minimum Gasteiger partial charge on any atom is -0.480 e. The van der Waals surface area contributed by atoms with Crippen LogP contribution in [0.1, 0.15) is 51.6 Å². The summed E-state index contributed by atoms with van der Waals surface area (Å²) in [5.74, 6) is -2.03. The van der Waals surface area contributed by atoms with Gasteiger partial charge >= 0.3 is 5.97 Å². The lowest BCUT2D eigenvalue weighted by Gasteiger charge is -2.32. The van der Waals surface area contributed by atoms with Gasteiger partial charge in [0, 0.05) is 31.4 Å². The molecule has 2 saturated heterocycles. The molecule has 1 aromatic heterocycles. The maximum absolute atomic E-state index is 13.4. The summed E-state index contributed by atoms with van der Waals surface area (Å²) in [6.45, 7) is 4.61. The number of nitrogens with zero attached hydrogens (tertiary/aromatic N) is 3. The lowest BCUT2D eigenvalue weighted by molar-refractivity contribution is -0.148. The zero-order valence-corrected chi connectivity index (χ0v) is 19.2. The summed E-state index contributed by atoms with van der Waals surface area (Å²) in [6.07, 6.45) is 6.02. The fourth-order valence-electron chi connectivity index (χ4n) is 4.68. The number of aromatic nitrogens is 2. The van der Waals surface area contributed by atoms with Crippen molar-refractivity contribution in [1.82, 2.24) is 25.1 Å². The lowest BCUT2D eigenvalue weighted by Crippen LogP contribution is -2.56. The number of nitrogens with two attached hydrogens (primary N) is 1. The molecule has 3 rings (SSSR count). The number of carboxylic acid groups (broad SMARTS) is 1. The Morgan fingerprint density at radius 3 is 2.45 bits per heavy atom. The van der Waals surface area contributed by atoms with Crippen molar-refractivity contribution < 1.29 is 24.3 Å². The molecule has 11 heteroatoms. The highest BCUT2D eigenvalue weighted by molar-refractivity contribution is 5.94. The molecule has 0 radical (unpaired) electrons. The Kier molecular flexibility index (Phi) is 8.06. The van der Waals surface area contributed by atoms with E-state index in [-0.39, 0.29) is 24.2 Å². The molecule has 0 bridgehead atoms. The molecule has 11 nitrogen and oxygen atoms in total. The number of aliphatic carboxylic acids is 1. The van der Waals surface area contributed by atoms with E-state index in [0.717, 1.165) is 5.69 Å². The van der Waals surface area contributed by atoms with Crippen LogP contribution in [-0.2, 0) is 25.6 Å². The van der Waals surface area contributed by atoms with Gasteiger partial charge in [-0.2, -0.15) is 0 Å². The summed E-state index contributed by atoms with van der Waals surface area (Å²) in [6, 6.07) is -3.20. The molecule has 3 heterocycles. The van der Waals surface area contributed by atoms with E-state index in [1.165, 1.54) is 16.1 Å². The molecule has 182 valence electrons. The monoisotopic (exact) mass is 462 g/mol. The summed E-state index contributed by atoms with van der Waals surface area (Å²) in [7, 11) is 0. The average Bonchev–Trinajstić information content (AvgIpc) is 3.53. The van der Waals surface area contributed by atoms with Gasteiger partial charge in [-0.05, 0) is 38.0 Å². The van der Waals surface area contributed by atoms with E-state index >= 15 is 0 Å². The van der Waals surface area contributed by atoms with Crippen LogP contribution < -0.4 is 11.1 Å². The minimum absolute atomic E-state index is 0.0942. The number of imidazole rings is 1. The maximum atomic E-state index is 13.4. The summed E-state index contributed by atoms with van der Waals surface area (Å²) >= 11 is 0. The van der Waals surface area contributed by atoms with Gasteiger partial charge < -0.3 is 30.9 Å². The van der Waals surface area contributed by atoms with Crippen LogP contribution in [0.15, 0.2) is 12.5 Å². The van der Waals surface area contributed by atoms with E-state index in [0.29, 0.717) is 45.2 Å². The van der Waals surface area contributed by atoms with Gasteiger partial charge in [-0.25, -0.2) is 9.78 Å². The highest BCUT2D eigenvalue weighted by atomic mass is 16.4. The van der Waals surface area contributed by atoms with Crippen LogP contribution in [0.4, 0.5) is 0 Å². The molecular formula is C22H34N6O5. The third kappa shape index (κ3) is 5.89. The van der Waals surface area contributed by atoms with Crippen molar-refractivity contribution in [1.29, 1.82) is 0 Å². The normalized spacial score (nSPS) is 22.4. The van der Waals surface area contributed by atoms with Crippen molar-refractivity contribution in [2.24, 2.45) is 11.7 Å². The Labute approximate surface area is 193 Å². The molecule has 33 heavy (non-hydrogen) atoms. The third-order valence-electron chi connectivity index (χ3n) is 6.29. The van der Waals surface area contributed by atoms with E-state index in [1.807, 2.05) is 13.8 Å². The third-order valence-corrected chi connectivity index (χ3v) is 6.29. The highest BCUT2D eigenvalue weighted by Gasteiger charge is 2.43.